The van der Waals surface area contributed by atoms with Crippen LogP contribution in [0.25, 0.3) is 0 Å². The Bertz CT molecular complexity index is 123. The van der Waals surface area contributed by atoms with E-state index in [0.29, 0.717) is 18.7 Å². The van der Waals surface area contributed by atoms with E-state index in [1.807, 2.05) is 0 Å². The Morgan fingerprint density at radius 2 is 2.40 bits per heavy atom. The summed E-state index contributed by atoms with van der Waals surface area (Å²) in [6.07, 6.45) is 1.32. The van der Waals surface area contributed by atoms with Crippen LogP contribution in [0.1, 0.15) is 13.3 Å². The predicted octanol–water partition coefficient (Wildman–Crippen LogP) is 0.361. The van der Waals surface area contributed by atoms with Gasteiger partial charge in [-0.2, -0.15) is 0 Å². The predicted molar refractivity (Wildman–Crippen MR) is 39.3 cm³/mol. The van der Waals surface area contributed by atoms with Gasteiger partial charge in [-0.1, -0.05) is 6.58 Å². The Hall–Kier alpha value is -0.830. The van der Waals surface area contributed by atoms with Gasteiger partial charge in [-0.05, 0) is 13.3 Å². The summed E-state index contributed by atoms with van der Waals surface area (Å²) in [5.41, 5.74) is 0.712. The lowest BCUT2D eigenvalue weighted by molar-refractivity contribution is -0.116. The molecule has 1 N–H and O–H groups in total. The fourth-order valence-corrected chi connectivity index (χ4v) is 0.575. The van der Waals surface area contributed by atoms with E-state index in [1.165, 1.54) is 4.90 Å². The molecule has 0 aliphatic carbocycles. The van der Waals surface area contributed by atoms with Crippen molar-refractivity contribution in [2.45, 2.75) is 13.3 Å². The van der Waals surface area contributed by atoms with E-state index in [2.05, 4.69) is 6.58 Å². The summed E-state index contributed by atoms with van der Waals surface area (Å²) in [4.78, 5) is 11.7. The maximum absolute atomic E-state index is 10.2. The molecule has 0 aromatic carbocycles. The monoisotopic (exact) mass is 143 g/mol. The second-order valence-electron chi connectivity index (χ2n) is 2.11. The number of allylic oxidation sites excluding steroid dienone is 1. The number of amides is 1. The van der Waals surface area contributed by atoms with E-state index in [9.17, 15) is 4.79 Å². The third kappa shape index (κ3) is 3.25. The minimum atomic E-state index is 0.109. The first kappa shape index (κ1) is 9.17. The van der Waals surface area contributed by atoms with Crippen molar-refractivity contribution in [3.05, 3.63) is 12.3 Å². The molecule has 3 heteroatoms. The zero-order chi connectivity index (χ0) is 7.98. The minimum absolute atomic E-state index is 0.109. The zero-order valence-corrected chi connectivity index (χ0v) is 6.21. The summed E-state index contributed by atoms with van der Waals surface area (Å²) in [7, 11) is 0. The molecule has 0 unspecified atom stereocenters. The van der Waals surface area contributed by atoms with Gasteiger partial charge in [0.15, 0.2) is 0 Å². The Morgan fingerprint density at radius 3 is 2.70 bits per heavy atom. The molecule has 0 aliphatic heterocycles. The van der Waals surface area contributed by atoms with Crippen molar-refractivity contribution < 1.29 is 9.90 Å². The molecule has 0 fully saturated rings. The Morgan fingerprint density at radius 1 is 1.80 bits per heavy atom. The number of carbonyl (C=O) groups excluding carboxylic acids is 1. The lowest BCUT2D eigenvalue weighted by atomic mass is 10.4. The second-order valence-corrected chi connectivity index (χ2v) is 2.11. The SMILES string of the molecule is C=C(C)N(C=O)CCCO. The van der Waals surface area contributed by atoms with Crippen molar-refractivity contribution in [3.63, 3.8) is 0 Å². The van der Waals surface area contributed by atoms with Gasteiger partial charge in [0.2, 0.25) is 6.41 Å². The Kier molecular flexibility index (Phi) is 4.58. The van der Waals surface area contributed by atoms with Gasteiger partial charge >= 0.3 is 0 Å². The number of nitrogens with zero attached hydrogens (tertiary/aromatic N) is 1. The van der Waals surface area contributed by atoms with Crippen molar-refractivity contribution in [1.82, 2.24) is 4.90 Å². The molecular formula is C7H13NO2. The third-order valence-electron chi connectivity index (χ3n) is 1.17. The quantitative estimate of drug-likeness (QED) is 0.564. The van der Waals surface area contributed by atoms with Crippen molar-refractivity contribution >= 4 is 6.41 Å². The van der Waals surface area contributed by atoms with E-state index in [-0.39, 0.29) is 6.61 Å². The number of hydrogen-bond donors (Lipinski definition) is 1. The van der Waals surface area contributed by atoms with Crippen LogP contribution < -0.4 is 0 Å². The van der Waals surface area contributed by atoms with Gasteiger partial charge in [0.1, 0.15) is 0 Å². The summed E-state index contributed by atoms with van der Waals surface area (Å²) < 4.78 is 0. The van der Waals surface area contributed by atoms with Crippen molar-refractivity contribution in [1.29, 1.82) is 0 Å². The first-order chi connectivity index (χ1) is 4.72. The molecule has 10 heavy (non-hydrogen) atoms. The summed E-state index contributed by atoms with van der Waals surface area (Å²) in [6, 6.07) is 0. The summed E-state index contributed by atoms with van der Waals surface area (Å²) in [6.45, 7) is 6.01. The van der Waals surface area contributed by atoms with Crippen LogP contribution in [0, 0.1) is 0 Å². The first-order valence-corrected chi connectivity index (χ1v) is 3.20. The normalized spacial score (nSPS) is 9.00. The average Bonchev–Trinajstić information content (AvgIpc) is 1.89. The van der Waals surface area contributed by atoms with E-state index in [0.717, 1.165) is 6.41 Å². The van der Waals surface area contributed by atoms with Crippen LogP contribution in [-0.2, 0) is 4.79 Å². The fraction of sp³-hybridized carbons (Fsp3) is 0.571. The first-order valence-electron chi connectivity index (χ1n) is 3.20. The van der Waals surface area contributed by atoms with Crippen LogP contribution in [0.3, 0.4) is 0 Å². The number of aliphatic hydroxyl groups excluding tert-OH is 1. The highest BCUT2D eigenvalue weighted by atomic mass is 16.3. The lowest BCUT2D eigenvalue weighted by Crippen LogP contribution is -2.20. The number of carbonyl (C=O) groups is 1. The number of aliphatic hydroxyl groups is 1. The molecule has 0 atom stereocenters. The van der Waals surface area contributed by atoms with Crippen LogP contribution in [0.2, 0.25) is 0 Å². The molecule has 0 spiro atoms. The summed E-state index contributed by atoms with van der Waals surface area (Å²) in [5.74, 6) is 0. The molecule has 0 heterocycles. The van der Waals surface area contributed by atoms with Crippen LogP contribution in [0.5, 0.6) is 0 Å². The van der Waals surface area contributed by atoms with Gasteiger partial charge in [0.25, 0.3) is 0 Å². The highest BCUT2D eigenvalue weighted by molar-refractivity contribution is 5.50. The maximum atomic E-state index is 10.2. The largest absolute Gasteiger partial charge is 0.396 e. The third-order valence-corrected chi connectivity index (χ3v) is 1.17. The molecule has 0 rings (SSSR count). The summed E-state index contributed by atoms with van der Waals surface area (Å²) in [5, 5.41) is 8.42. The number of hydrogen-bond acceptors (Lipinski definition) is 2. The van der Waals surface area contributed by atoms with Gasteiger partial charge in [0, 0.05) is 18.8 Å². The van der Waals surface area contributed by atoms with Crippen molar-refractivity contribution in [2.75, 3.05) is 13.2 Å². The summed E-state index contributed by atoms with van der Waals surface area (Å²) >= 11 is 0. The second kappa shape index (κ2) is 4.99. The minimum Gasteiger partial charge on any atom is -0.396 e. The molecule has 0 saturated heterocycles. The van der Waals surface area contributed by atoms with E-state index in [4.69, 9.17) is 5.11 Å². The van der Waals surface area contributed by atoms with Gasteiger partial charge in [-0.15, -0.1) is 0 Å². The topological polar surface area (TPSA) is 40.5 Å². The molecule has 0 saturated carbocycles. The highest BCUT2D eigenvalue weighted by Gasteiger charge is 1.98. The van der Waals surface area contributed by atoms with E-state index in [1.54, 1.807) is 6.92 Å². The molecule has 0 bridgehead atoms. The van der Waals surface area contributed by atoms with Crippen LogP contribution in [-0.4, -0.2) is 29.6 Å². The van der Waals surface area contributed by atoms with Crippen LogP contribution >= 0.6 is 0 Å². The Balaban J connectivity index is 3.60. The van der Waals surface area contributed by atoms with Crippen LogP contribution in [0.4, 0.5) is 0 Å². The van der Waals surface area contributed by atoms with Gasteiger partial charge < -0.3 is 10.0 Å². The van der Waals surface area contributed by atoms with Gasteiger partial charge in [-0.3, -0.25) is 4.79 Å². The molecule has 0 aromatic heterocycles. The molecule has 0 aromatic rings. The van der Waals surface area contributed by atoms with Gasteiger partial charge in [-0.25, -0.2) is 0 Å². The highest BCUT2D eigenvalue weighted by Crippen LogP contribution is 1.96. The molecule has 58 valence electrons. The zero-order valence-electron chi connectivity index (χ0n) is 6.21. The Labute approximate surface area is 61.0 Å². The van der Waals surface area contributed by atoms with Gasteiger partial charge in [0.05, 0.1) is 0 Å². The fourth-order valence-electron chi connectivity index (χ4n) is 0.575. The standard InChI is InChI=1S/C7H13NO2/c1-7(2)8(6-10)4-3-5-9/h6,9H,1,3-5H2,2H3. The maximum Gasteiger partial charge on any atom is 0.213 e. The van der Waals surface area contributed by atoms with Crippen LogP contribution in [0.15, 0.2) is 12.3 Å². The average molecular weight is 143 g/mol. The van der Waals surface area contributed by atoms with E-state index >= 15 is 0 Å². The molecule has 0 aliphatic rings. The van der Waals surface area contributed by atoms with Crippen molar-refractivity contribution in [2.24, 2.45) is 0 Å². The lowest BCUT2D eigenvalue weighted by Gasteiger charge is -2.15. The molecule has 0 radical (unpaired) electrons. The molecule has 1 amide bonds. The molecular weight excluding hydrogens is 130 g/mol. The smallest absolute Gasteiger partial charge is 0.213 e. The van der Waals surface area contributed by atoms with Crippen molar-refractivity contribution in [3.8, 4) is 0 Å². The molecule has 3 nitrogen and oxygen atoms in total. The van der Waals surface area contributed by atoms with E-state index < -0.39 is 0 Å². The number of rotatable bonds is 5.